The molecule has 1 N–H and O–H groups in total. The number of aromatic nitrogens is 2. The summed E-state index contributed by atoms with van der Waals surface area (Å²) in [7, 11) is 2.79. The van der Waals surface area contributed by atoms with E-state index in [2.05, 4.69) is 16.0 Å². The van der Waals surface area contributed by atoms with Crippen LogP contribution in [0, 0.1) is 0 Å². The van der Waals surface area contributed by atoms with E-state index in [4.69, 9.17) is 33.2 Å². The predicted molar refractivity (Wildman–Crippen MR) is 280 cm³/mol. The van der Waals surface area contributed by atoms with Crippen LogP contribution in [0.2, 0.25) is 0 Å². The van der Waals surface area contributed by atoms with Crippen molar-refractivity contribution in [2.75, 3.05) is 53.7 Å². The Bertz CT molecular complexity index is 2270. The monoisotopic (exact) mass is 1050 g/mol. The van der Waals surface area contributed by atoms with E-state index in [9.17, 15) is 33.1 Å². The van der Waals surface area contributed by atoms with E-state index in [1.165, 1.54) is 47.4 Å². The zero-order valence-corrected chi connectivity index (χ0v) is 46.2. The molecule has 0 unspecified atom stereocenters. The van der Waals surface area contributed by atoms with Gasteiger partial charge >= 0.3 is 24.1 Å². The number of nitrogens with zero attached hydrogens (tertiary/aromatic N) is 4. The van der Waals surface area contributed by atoms with Gasteiger partial charge in [0.15, 0.2) is 0 Å². The predicted octanol–water partition coefficient (Wildman–Crippen LogP) is 9.73. The minimum atomic E-state index is -1.74. The molecule has 1 fully saturated rings. The quantitative estimate of drug-likeness (QED) is 0.0785. The van der Waals surface area contributed by atoms with Gasteiger partial charge in [0, 0.05) is 76.8 Å². The van der Waals surface area contributed by atoms with Crippen molar-refractivity contribution in [1.29, 1.82) is 0 Å². The molecule has 0 aliphatic carbocycles. The second-order valence-electron chi connectivity index (χ2n) is 22.3. The van der Waals surface area contributed by atoms with Crippen molar-refractivity contribution in [1.82, 2.24) is 19.8 Å². The summed E-state index contributed by atoms with van der Waals surface area (Å²) >= 11 is 0. The number of likely N-dealkylation sites (N-methyl/N-ethyl adjacent to an activating group) is 2. The van der Waals surface area contributed by atoms with Gasteiger partial charge in [0.05, 0.1) is 33.0 Å². The first kappa shape index (κ1) is 62.0. The molecule has 2 aliphatic heterocycles. The number of benzene rings is 1. The molecular formula is C57H82F2N4O12. The van der Waals surface area contributed by atoms with Crippen molar-refractivity contribution in [3.63, 3.8) is 0 Å². The van der Waals surface area contributed by atoms with Gasteiger partial charge < -0.3 is 38.3 Å². The summed E-state index contributed by atoms with van der Waals surface area (Å²) in [6, 6.07) is 15.0. The van der Waals surface area contributed by atoms with Gasteiger partial charge in [-0.15, -0.1) is 0 Å². The Balaban J connectivity index is 0.000000330. The molecule has 2 aliphatic rings. The van der Waals surface area contributed by atoms with E-state index < -0.39 is 77.6 Å². The lowest BCUT2D eigenvalue weighted by Gasteiger charge is -2.32. The van der Waals surface area contributed by atoms with Crippen LogP contribution >= 0.6 is 0 Å². The average Bonchev–Trinajstić information content (AvgIpc) is 3.34. The normalized spacial score (nSPS) is 16.2. The number of ether oxygens (including phenoxy) is 7. The van der Waals surface area contributed by atoms with Crippen molar-refractivity contribution < 1.29 is 66.2 Å². The van der Waals surface area contributed by atoms with Gasteiger partial charge in [-0.3, -0.25) is 19.8 Å². The highest BCUT2D eigenvalue weighted by Gasteiger charge is 2.39. The van der Waals surface area contributed by atoms with Crippen molar-refractivity contribution in [2.45, 2.75) is 174 Å². The van der Waals surface area contributed by atoms with Crippen LogP contribution in [0.15, 0.2) is 73.1 Å². The number of carbonyl (C=O) groups is 4. The average molecular weight is 1050 g/mol. The van der Waals surface area contributed by atoms with Crippen molar-refractivity contribution in [2.24, 2.45) is 0 Å². The lowest BCUT2D eigenvalue weighted by molar-refractivity contribution is -0.159. The molecule has 2 amide bonds. The Labute approximate surface area is 442 Å². The van der Waals surface area contributed by atoms with E-state index in [0.717, 1.165) is 59.0 Å². The molecule has 4 atom stereocenters. The molecular weight excluding hydrogens is 971 g/mol. The largest absolute Gasteiger partial charge is 0.458 e. The molecule has 1 aromatic carbocycles. The van der Waals surface area contributed by atoms with Gasteiger partial charge in [-0.25, -0.2) is 28.0 Å². The molecule has 4 heterocycles. The molecule has 3 aromatic rings. The van der Waals surface area contributed by atoms with Gasteiger partial charge in [-0.1, -0.05) is 48.5 Å². The molecule has 2 aromatic heterocycles. The summed E-state index contributed by atoms with van der Waals surface area (Å²) < 4.78 is 68.1. The van der Waals surface area contributed by atoms with Gasteiger partial charge in [0.2, 0.25) is 0 Å². The Morgan fingerprint density at radius 3 is 1.67 bits per heavy atom. The molecule has 0 radical (unpaired) electrons. The maximum Gasteiger partial charge on any atom is 0.410 e. The molecule has 1 saturated heterocycles. The zero-order chi connectivity index (χ0) is 55.6. The van der Waals surface area contributed by atoms with Crippen molar-refractivity contribution >= 4 is 29.7 Å². The van der Waals surface area contributed by atoms with Gasteiger partial charge in [0.25, 0.3) is 0 Å². The summed E-state index contributed by atoms with van der Waals surface area (Å²) in [5.41, 5.74) is 0.655. The van der Waals surface area contributed by atoms with Gasteiger partial charge in [-0.05, 0) is 129 Å². The molecule has 0 saturated carbocycles. The van der Waals surface area contributed by atoms with Crippen LogP contribution in [0.25, 0.3) is 5.57 Å². The van der Waals surface area contributed by atoms with Crippen molar-refractivity contribution in [3.05, 3.63) is 101 Å². The number of rotatable bonds is 21. The Morgan fingerprint density at radius 2 is 1.21 bits per heavy atom. The second-order valence-corrected chi connectivity index (χ2v) is 22.3. The maximum absolute atomic E-state index is 14.8. The maximum atomic E-state index is 14.8. The molecule has 18 heteroatoms. The van der Waals surface area contributed by atoms with Crippen LogP contribution in [0.1, 0.15) is 135 Å². The SMILES string of the molecule is CN(C(=O)OC(C)(C)C)[C@@H](CC(C)(C)F)C(=O)O[C@@H](CO)Cc1ccc(C2CCOCC2)cn1.CN(C(=O)OC(C)(C)C)[C@@H](CC(C)(C)F)C(=O)O[C@@H](COCc1ccccc1)Cc1ccc(C2=CCOCC2)cn1. The highest BCUT2D eigenvalue weighted by Crippen LogP contribution is 2.28. The second kappa shape index (κ2) is 28.5. The topological polar surface area (TPSA) is 185 Å². The molecule has 16 nitrogen and oxygen atoms in total. The fourth-order valence-electron chi connectivity index (χ4n) is 8.06. The fourth-order valence-corrected chi connectivity index (χ4v) is 8.06. The molecule has 0 bridgehead atoms. The van der Waals surface area contributed by atoms with Crippen LogP contribution in [0.4, 0.5) is 18.4 Å². The number of carbonyl (C=O) groups excluding carboxylic acids is 4. The first-order valence-corrected chi connectivity index (χ1v) is 25.8. The number of esters is 2. The summed E-state index contributed by atoms with van der Waals surface area (Å²) in [6.07, 6.45) is 5.24. The highest BCUT2D eigenvalue weighted by atomic mass is 19.1. The number of pyridine rings is 2. The molecule has 75 heavy (non-hydrogen) atoms. The number of alkyl halides is 2. The van der Waals surface area contributed by atoms with Crippen LogP contribution < -0.4 is 0 Å². The third kappa shape index (κ3) is 23.1. The standard InChI is InChI=1S/C32H43FN2O6.C25H39FN2O6/c1-31(2,3)41-30(37)35(6)28(19-32(4,5)33)29(36)40-27(22-39-21-23-10-8-7-9-11-23)18-26-13-12-25(20-34-26)24-14-16-38-17-15-24;1-24(2,3)34-23(31)28(6)21(14-25(4,5)26)22(30)33-20(16-29)13-19-8-7-18(15-27-19)17-9-11-32-12-10-17/h7-14,20,27-28H,15-19,21-22H2,1-6H3;7-8,15,17,20-21,29H,9-14,16H2,1-6H3/t27-,28+;20-,21+/m11/s1. The van der Waals surface area contributed by atoms with E-state index >= 15 is 0 Å². The van der Waals surface area contributed by atoms with E-state index in [0.29, 0.717) is 37.1 Å². The van der Waals surface area contributed by atoms with Gasteiger partial charge in [-0.2, -0.15) is 0 Å². The van der Waals surface area contributed by atoms with Crippen LogP contribution in [0.3, 0.4) is 0 Å². The van der Waals surface area contributed by atoms with E-state index in [1.54, 1.807) is 47.7 Å². The summed E-state index contributed by atoms with van der Waals surface area (Å²) in [5.74, 6) is -1.13. The minimum absolute atomic E-state index is 0.0917. The third-order valence-electron chi connectivity index (χ3n) is 12.0. The van der Waals surface area contributed by atoms with Gasteiger partial charge in [0.1, 0.15) is 46.8 Å². The van der Waals surface area contributed by atoms with E-state index in [-0.39, 0.29) is 32.3 Å². The van der Waals surface area contributed by atoms with Crippen LogP contribution in [-0.2, 0) is 62.2 Å². The summed E-state index contributed by atoms with van der Waals surface area (Å²) in [5, 5.41) is 9.81. The summed E-state index contributed by atoms with van der Waals surface area (Å²) in [4.78, 5) is 63.0. The molecule has 416 valence electrons. The smallest absolute Gasteiger partial charge is 0.410 e. The van der Waals surface area contributed by atoms with Crippen molar-refractivity contribution in [3.8, 4) is 0 Å². The van der Waals surface area contributed by atoms with Crippen LogP contribution in [-0.4, -0.2) is 150 Å². The Kier molecular flexibility index (Phi) is 23.6. The summed E-state index contributed by atoms with van der Waals surface area (Å²) in [6.45, 7) is 18.4. The van der Waals surface area contributed by atoms with Crippen LogP contribution in [0.5, 0.6) is 0 Å². The first-order valence-electron chi connectivity index (χ1n) is 25.8. The molecule has 5 rings (SSSR count). The zero-order valence-electron chi connectivity index (χ0n) is 46.2. The third-order valence-corrected chi connectivity index (χ3v) is 12.0. The minimum Gasteiger partial charge on any atom is -0.458 e. The Hall–Kier alpha value is -5.56. The van der Waals surface area contributed by atoms with E-state index in [1.807, 2.05) is 60.8 Å². The number of amides is 2. The fraction of sp³-hybridized carbons (Fsp3) is 0.614. The number of hydrogen-bond donors (Lipinski definition) is 1. The Morgan fingerprint density at radius 1 is 0.693 bits per heavy atom. The lowest BCUT2D eigenvalue weighted by Crippen LogP contribution is -2.49. The first-order chi connectivity index (χ1) is 35.1. The lowest BCUT2D eigenvalue weighted by atomic mass is 9.93. The number of aliphatic hydroxyl groups excluding tert-OH is 1. The number of halogens is 2. The highest BCUT2D eigenvalue weighted by molar-refractivity contribution is 5.82. The number of hydrogen-bond acceptors (Lipinski definition) is 14. The number of aliphatic hydroxyl groups is 1. The molecule has 0 spiro atoms.